The smallest absolute Gasteiger partial charge is 0.247 e. The Morgan fingerprint density at radius 1 is 0.252 bits per heavy atom. The summed E-state index contributed by atoms with van der Waals surface area (Å²) in [6.07, 6.45) is 48.0. The molecule has 9 aromatic heterocycles. The fourth-order valence-corrected chi connectivity index (χ4v) is 11.8. The molecule has 16 nitrogen and oxygen atoms in total. The van der Waals surface area contributed by atoms with Crippen molar-refractivity contribution in [3.63, 3.8) is 0 Å². The number of hydrogen-bond donors (Lipinski definition) is 1. The standard InChI is InChI=1S/C11H16O.C11H16.C10H15NO.3C10H15N.5C9H14N2.8C2H6/c1-11(2,3)8-9-6-4-5-7-10(9)12;1-11(2,3)9-10-7-5-4-6-8-10;1-10(2,3)6-8-4-5-9(12)11-7-8;1-10(2,3)8-9-4-6-11-7-5-9;1-10(2,3)7-9-5-4-6-11-8-9;1-10(2,3)8-9-6-4-5-7-11-9;1-9(2,3)4-8-5-10-7-11-6-8;1-9(2,3)6-8-7-10-4-5-11-8;1-9(2,3)6-8-4-5-10-7-11-8;1-9(2,3)7-8-10-5-4-6-11-8;1-9(2,3)7-8-5-4-6-10-11-8;8*1-2/h4-6H,7-8H2,1-3H3;4-8H,9H2,1-3H3;4-5,7H,6H2,1-3H3,(H,11,12);4-7H,8H2,1-3H3;4-6,8H,7H2,1-3H3;4-7H,8H2,1-3H3;5-7H,4H2,1-3H3;2*4-5,7H,6H2,1-3H3;2*4-6H,7H2,1-3H3;8*1-2H3. The summed E-state index contributed by atoms with van der Waals surface area (Å²) < 4.78 is 0. The molecule has 0 saturated carbocycles. The number of benzene rings is 1. The van der Waals surface area contributed by atoms with E-state index in [2.05, 4.69) is 353 Å². The first-order valence-corrected chi connectivity index (χ1v) is 51.7. The number of hydrogen-bond acceptors (Lipinski definition) is 15. The van der Waals surface area contributed by atoms with Crippen LogP contribution in [0.1, 0.15) is 409 Å². The predicted octanol–water partition coefficient (Wildman–Crippen LogP) is 34.7. The van der Waals surface area contributed by atoms with Gasteiger partial charge in [-0.05, 0) is 212 Å². The number of rotatable bonds is 11. The van der Waals surface area contributed by atoms with Gasteiger partial charge in [0.2, 0.25) is 5.56 Å². The van der Waals surface area contributed by atoms with E-state index in [0.717, 1.165) is 99.1 Å². The summed E-state index contributed by atoms with van der Waals surface area (Å²) in [5, 5.41) is 7.83. The lowest BCUT2D eigenvalue weighted by Crippen LogP contribution is -2.13. The quantitative estimate of drug-likeness (QED) is 0.127. The van der Waals surface area contributed by atoms with E-state index in [4.69, 9.17) is 0 Å². The maximum Gasteiger partial charge on any atom is 0.247 e. The fourth-order valence-electron chi connectivity index (χ4n) is 11.8. The molecule has 0 amide bonds. The minimum absolute atomic E-state index is 0.0346. The number of aromatic nitrogens is 14. The zero-order valence-electron chi connectivity index (χ0n) is 98.6. The number of allylic oxidation sites excluding steroid dienone is 4. The van der Waals surface area contributed by atoms with Crippen LogP contribution in [-0.2, 0) is 69.0 Å². The largest absolute Gasteiger partial charge is 0.329 e. The van der Waals surface area contributed by atoms with Gasteiger partial charge in [0.1, 0.15) is 18.5 Å². The molecule has 9 heterocycles. The second-order valence-corrected chi connectivity index (χ2v) is 45.0. The molecular formula is C123H210N14O2. The Morgan fingerprint density at radius 3 is 1.01 bits per heavy atom. The van der Waals surface area contributed by atoms with Crippen LogP contribution in [0.3, 0.4) is 0 Å². The Morgan fingerprint density at radius 2 is 0.626 bits per heavy atom. The molecule has 0 fully saturated rings. The molecule has 1 N–H and O–H groups in total. The third kappa shape index (κ3) is 107. The van der Waals surface area contributed by atoms with Crippen LogP contribution in [0.5, 0.6) is 0 Å². The van der Waals surface area contributed by atoms with Crippen LogP contribution < -0.4 is 5.56 Å². The summed E-state index contributed by atoms with van der Waals surface area (Å²) in [4.78, 5) is 69.5. The highest BCUT2D eigenvalue weighted by Gasteiger charge is 2.21. The van der Waals surface area contributed by atoms with E-state index in [1.54, 1.807) is 62.1 Å². The van der Waals surface area contributed by atoms with Crippen LogP contribution in [-0.4, -0.2) is 75.8 Å². The number of nitrogens with one attached hydrogen (secondary N) is 1. The first kappa shape index (κ1) is 145. The lowest BCUT2D eigenvalue weighted by atomic mass is 9.84. The summed E-state index contributed by atoms with van der Waals surface area (Å²) in [6.45, 7) is 105. The molecule has 11 rings (SSSR count). The zero-order chi connectivity index (χ0) is 109. The van der Waals surface area contributed by atoms with Crippen molar-refractivity contribution in [1.82, 2.24) is 70.0 Å². The van der Waals surface area contributed by atoms with Gasteiger partial charge in [0.05, 0.1) is 11.4 Å². The first-order valence-electron chi connectivity index (χ1n) is 51.7. The molecule has 0 spiro atoms. The summed E-state index contributed by atoms with van der Waals surface area (Å²) >= 11 is 0. The molecule has 0 unspecified atom stereocenters. The Balaban J connectivity index is -0.000000223. The molecule has 0 saturated heterocycles. The molecular weight excluding hydrogens is 1710 g/mol. The van der Waals surface area contributed by atoms with Crippen molar-refractivity contribution in [3.05, 3.63) is 305 Å². The summed E-state index contributed by atoms with van der Waals surface area (Å²) in [7, 11) is 0. The van der Waals surface area contributed by atoms with Gasteiger partial charge >= 0.3 is 0 Å². The fraction of sp³-hybridized carbons (Fsp3) is 0.585. The van der Waals surface area contributed by atoms with Crippen molar-refractivity contribution in [2.45, 2.75) is 416 Å². The zero-order valence-corrected chi connectivity index (χ0v) is 98.6. The topological polar surface area (TPSA) is 217 Å². The molecule has 10 aromatic rings. The van der Waals surface area contributed by atoms with Crippen molar-refractivity contribution < 1.29 is 4.79 Å². The van der Waals surface area contributed by atoms with Gasteiger partial charge in [-0.2, -0.15) is 10.2 Å². The number of nitrogens with zero attached hydrogens (tertiary/aromatic N) is 13. The minimum Gasteiger partial charge on any atom is -0.329 e. The normalized spacial score (nSPS) is 11.1. The van der Waals surface area contributed by atoms with Crippen LogP contribution in [0, 0.1) is 59.6 Å². The lowest BCUT2D eigenvalue weighted by molar-refractivity contribution is -0.115. The van der Waals surface area contributed by atoms with E-state index < -0.39 is 0 Å². The van der Waals surface area contributed by atoms with Crippen LogP contribution >= 0.6 is 0 Å². The van der Waals surface area contributed by atoms with E-state index in [0.29, 0.717) is 49.7 Å². The number of aromatic amines is 1. The van der Waals surface area contributed by atoms with Gasteiger partial charge in [0, 0.05) is 123 Å². The maximum absolute atomic E-state index is 11.4. The van der Waals surface area contributed by atoms with Crippen molar-refractivity contribution in [2.24, 2.45) is 59.6 Å². The molecule has 1 aromatic carbocycles. The van der Waals surface area contributed by atoms with Crippen molar-refractivity contribution in [3.8, 4) is 0 Å². The van der Waals surface area contributed by atoms with Crippen LogP contribution in [0.15, 0.2) is 243 Å². The van der Waals surface area contributed by atoms with Gasteiger partial charge in [-0.25, -0.2) is 29.9 Å². The van der Waals surface area contributed by atoms with E-state index in [1.807, 2.05) is 227 Å². The number of ketones is 1. The summed E-state index contributed by atoms with van der Waals surface area (Å²) in [5.41, 5.74) is 15.4. The van der Waals surface area contributed by atoms with Crippen molar-refractivity contribution in [2.75, 3.05) is 0 Å². The maximum atomic E-state index is 11.4. The number of carbonyl (C=O) groups is 1. The van der Waals surface area contributed by atoms with Gasteiger partial charge in [-0.1, -0.05) is 406 Å². The molecule has 784 valence electrons. The highest BCUT2D eigenvalue weighted by atomic mass is 16.1. The molecule has 0 atom stereocenters. The van der Waals surface area contributed by atoms with Crippen LogP contribution in [0.4, 0.5) is 0 Å². The molecule has 139 heavy (non-hydrogen) atoms. The molecule has 0 radical (unpaired) electrons. The molecule has 1 aliphatic rings. The van der Waals surface area contributed by atoms with Crippen molar-refractivity contribution in [1.29, 1.82) is 0 Å². The van der Waals surface area contributed by atoms with E-state index >= 15 is 0 Å². The number of Topliss-reactive ketones (excluding diaryl/α,β-unsaturated/α-hetero) is 1. The third-order valence-electron chi connectivity index (χ3n) is 16.0. The molecule has 0 aliphatic heterocycles. The van der Waals surface area contributed by atoms with Gasteiger partial charge in [0.25, 0.3) is 0 Å². The Labute approximate surface area is 856 Å². The Kier molecular flexibility index (Phi) is 85.1. The van der Waals surface area contributed by atoms with Crippen molar-refractivity contribution >= 4 is 5.78 Å². The predicted molar refractivity (Wildman–Crippen MR) is 610 cm³/mol. The summed E-state index contributed by atoms with van der Waals surface area (Å²) in [5.74, 6) is 1.22. The minimum atomic E-state index is -0.0346. The summed E-state index contributed by atoms with van der Waals surface area (Å²) in [6, 6.07) is 36.1. The van der Waals surface area contributed by atoms with Gasteiger partial charge in [-0.3, -0.25) is 34.5 Å². The highest BCUT2D eigenvalue weighted by Crippen LogP contribution is 2.29. The van der Waals surface area contributed by atoms with E-state index in [9.17, 15) is 9.59 Å². The van der Waals surface area contributed by atoms with E-state index in [1.165, 1.54) is 33.5 Å². The van der Waals surface area contributed by atoms with E-state index in [-0.39, 0.29) is 27.6 Å². The average molecular weight is 1920 g/mol. The Bertz CT molecular complexity index is 3700. The van der Waals surface area contributed by atoms with Crippen LogP contribution in [0.25, 0.3) is 0 Å². The first-order chi connectivity index (χ1) is 64.7. The van der Waals surface area contributed by atoms with Gasteiger partial charge < -0.3 is 4.98 Å². The molecule has 0 bridgehead atoms. The number of H-pyrrole nitrogens is 1. The molecule has 16 heteroatoms. The second kappa shape index (κ2) is 81.8. The Hall–Kier alpha value is -9.83. The second-order valence-electron chi connectivity index (χ2n) is 45.0. The monoisotopic (exact) mass is 1920 g/mol. The number of carbonyl (C=O) groups excluding carboxylic acids is 1. The van der Waals surface area contributed by atoms with Crippen LogP contribution in [0.2, 0.25) is 0 Å². The van der Waals surface area contributed by atoms with Gasteiger partial charge in [0.15, 0.2) is 5.78 Å². The average Bonchev–Trinajstić information content (AvgIpc) is 0.876. The third-order valence-corrected chi connectivity index (χ3v) is 16.0. The SMILES string of the molecule is CC.CC.CC.CC.CC.CC.CC.CC.CC(C)(C)CC1=CC=CCC1=O.CC(C)(C)Cc1ccc(=O)[nH]c1.CC(C)(C)Cc1ccccc1.CC(C)(C)Cc1ccccn1.CC(C)(C)Cc1cccnc1.CC(C)(C)Cc1cccnn1.CC(C)(C)Cc1ccncc1.CC(C)(C)Cc1ccncn1.CC(C)(C)Cc1cnccn1.CC(C)(C)Cc1cncnc1.CC(C)(C)Cc1ncccn1. The lowest BCUT2D eigenvalue weighted by Gasteiger charge is -2.20. The molecule has 1 aliphatic carbocycles. The van der Waals surface area contributed by atoms with Gasteiger partial charge in [-0.15, -0.1) is 0 Å². The number of pyridine rings is 4. The highest BCUT2D eigenvalue weighted by molar-refractivity contribution is 5.97.